The van der Waals surface area contributed by atoms with Crippen molar-refractivity contribution >= 4 is 16.8 Å². The second kappa shape index (κ2) is 7.44. The van der Waals surface area contributed by atoms with Crippen LogP contribution in [-0.2, 0) is 6.42 Å². The number of hydrogen-bond acceptors (Lipinski definition) is 3. The Morgan fingerprint density at radius 1 is 1.08 bits per heavy atom. The summed E-state index contributed by atoms with van der Waals surface area (Å²) in [6.45, 7) is 4.33. The Morgan fingerprint density at radius 3 is 2.50 bits per heavy atom. The molecular formula is C21H22N2O3. The molecule has 2 N–H and O–H groups in total. The minimum atomic E-state index is -0.147. The van der Waals surface area contributed by atoms with E-state index in [1.54, 1.807) is 13.2 Å². The summed E-state index contributed by atoms with van der Waals surface area (Å²) in [5.74, 6) is 0.570. The highest BCUT2D eigenvalue weighted by atomic mass is 16.5. The summed E-state index contributed by atoms with van der Waals surface area (Å²) in [4.78, 5) is 27.4. The van der Waals surface area contributed by atoms with E-state index in [9.17, 15) is 9.59 Å². The van der Waals surface area contributed by atoms with Crippen LogP contribution >= 0.6 is 0 Å². The van der Waals surface area contributed by atoms with Crippen molar-refractivity contribution in [3.8, 4) is 5.75 Å². The third kappa shape index (κ3) is 3.94. The number of nitrogens with one attached hydrogen (secondary N) is 2. The van der Waals surface area contributed by atoms with E-state index in [1.807, 2.05) is 50.2 Å². The summed E-state index contributed by atoms with van der Waals surface area (Å²) >= 11 is 0. The summed E-state index contributed by atoms with van der Waals surface area (Å²) < 4.78 is 5.17. The first-order valence-corrected chi connectivity index (χ1v) is 8.53. The van der Waals surface area contributed by atoms with Gasteiger partial charge in [0.15, 0.2) is 0 Å². The summed E-state index contributed by atoms with van der Waals surface area (Å²) in [7, 11) is 1.59. The van der Waals surface area contributed by atoms with Gasteiger partial charge in [0.25, 0.3) is 11.5 Å². The van der Waals surface area contributed by atoms with Gasteiger partial charge in [0.05, 0.1) is 12.6 Å². The van der Waals surface area contributed by atoms with E-state index in [0.29, 0.717) is 29.8 Å². The highest BCUT2D eigenvalue weighted by Crippen LogP contribution is 2.18. The highest BCUT2D eigenvalue weighted by Gasteiger charge is 2.08. The molecule has 26 heavy (non-hydrogen) atoms. The van der Waals surface area contributed by atoms with Crippen LogP contribution in [0.1, 0.15) is 27.0 Å². The molecule has 1 amide bonds. The van der Waals surface area contributed by atoms with Crippen LogP contribution in [0.2, 0.25) is 0 Å². The number of amides is 1. The molecule has 5 nitrogen and oxygen atoms in total. The summed E-state index contributed by atoms with van der Waals surface area (Å²) in [5, 5.41) is 3.82. The lowest BCUT2D eigenvalue weighted by atomic mass is 10.1. The Morgan fingerprint density at radius 2 is 1.81 bits per heavy atom. The van der Waals surface area contributed by atoms with Crippen LogP contribution in [0.5, 0.6) is 5.75 Å². The van der Waals surface area contributed by atoms with E-state index >= 15 is 0 Å². The number of aryl methyl sites for hydroxylation is 2. The van der Waals surface area contributed by atoms with Gasteiger partial charge in [-0.1, -0.05) is 17.2 Å². The van der Waals surface area contributed by atoms with Crippen LogP contribution in [0.4, 0.5) is 0 Å². The molecule has 5 heteroatoms. The first kappa shape index (κ1) is 17.7. The maximum Gasteiger partial charge on any atom is 0.251 e. The fourth-order valence-electron chi connectivity index (χ4n) is 3.06. The SMILES string of the molecule is COc1ccc2cc(CCNC(=O)c3cc(C)cc(C)c3)c(=O)[nH]c2c1. The van der Waals surface area contributed by atoms with E-state index in [4.69, 9.17) is 4.74 Å². The number of methoxy groups -OCH3 is 1. The van der Waals surface area contributed by atoms with Gasteiger partial charge in [-0.2, -0.15) is 0 Å². The normalized spacial score (nSPS) is 10.7. The molecule has 2 aromatic carbocycles. The maximum absolute atomic E-state index is 12.3. The number of benzene rings is 2. The van der Waals surface area contributed by atoms with Crippen LogP contribution < -0.4 is 15.6 Å². The molecule has 1 heterocycles. The van der Waals surface area contributed by atoms with Crippen molar-refractivity contribution in [3.63, 3.8) is 0 Å². The van der Waals surface area contributed by atoms with E-state index in [1.165, 1.54) is 0 Å². The molecule has 0 aliphatic heterocycles. The minimum Gasteiger partial charge on any atom is -0.497 e. The Balaban J connectivity index is 1.70. The van der Waals surface area contributed by atoms with Gasteiger partial charge >= 0.3 is 0 Å². The molecule has 0 atom stereocenters. The van der Waals surface area contributed by atoms with E-state index < -0.39 is 0 Å². The zero-order valence-electron chi connectivity index (χ0n) is 15.2. The van der Waals surface area contributed by atoms with Crippen LogP contribution in [0.25, 0.3) is 10.9 Å². The van der Waals surface area contributed by atoms with Gasteiger partial charge in [0.2, 0.25) is 0 Å². The van der Waals surface area contributed by atoms with E-state index in [2.05, 4.69) is 10.3 Å². The molecule has 0 radical (unpaired) electrons. The Bertz CT molecular complexity index is 1000. The quantitative estimate of drug-likeness (QED) is 0.743. The third-order valence-corrected chi connectivity index (χ3v) is 4.29. The van der Waals surface area contributed by atoms with Crippen LogP contribution in [0, 0.1) is 13.8 Å². The summed E-state index contributed by atoms with van der Waals surface area (Å²) in [6.07, 6.45) is 0.466. The predicted molar refractivity (Wildman–Crippen MR) is 103 cm³/mol. The predicted octanol–water partition coefficient (Wildman–Crippen LogP) is 3.13. The number of carbonyl (C=O) groups excluding carboxylic acids is 1. The topological polar surface area (TPSA) is 71.2 Å². The minimum absolute atomic E-state index is 0.126. The number of ether oxygens (including phenoxy) is 1. The van der Waals surface area contributed by atoms with Crippen molar-refractivity contribution in [2.75, 3.05) is 13.7 Å². The maximum atomic E-state index is 12.3. The van der Waals surface area contributed by atoms with Gasteiger partial charge in [0.1, 0.15) is 5.75 Å². The molecule has 0 bridgehead atoms. The first-order valence-electron chi connectivity index (χ1n) is 8.53. The number of aromatic amines is 1. The lowest BCUT2D eigenvalue weighted by molar-refractivity contribution is 0.0954. The number of aromatic nitrogens is 1. The molecule has 0 saturated heterocycles. The molecule has 3 rings (SSSR count). The largest absolute Gasteiger partial charge is 0.497 e. The number of H-pyrrole nitrogens is 1. The molecule has 1 aromatic heterocycles. The lowest BCUT2D eigenvalue weighted by Gasteiger charge is -2.08. The molecule has 134 valence electrons. The Hall–Kier alpha value is -3.08. The van der Waals surface area contributed by atoms with Crippen molar-refractivity contribution in [2.24, 2.45) is 0 Å². The number of pyridine rings is 1. The number of rotatable bonds is 5. The lowest BCUT2D eigenvalue weighted by Crippen LogP contribution is -2.27. The Kier molecular flexibility index (Phi) is 5.07. The molecule has 0 aliphatic rings. The molecule has 0 fully saturated rings. The molecule has 0 spiro atoms. The zero-order valence-corrected chi connectivity index (χ0v) is 15.2. The second-order valence-corrected chi connectivity index (χ2v) is 6.46. The van der Waals surface area contributed by atoms with Crippen molar-refractivity contribution in [1.82, 2.24) is 10.3 Å². The number of hydrogen-bond donors (Lipinski definition) is 2. The molecule has 0 unspecified atom stereocenters. The number of carbonyl (C=O) groups is 1. The average molecular weight is 350 g/mol. The molecule has 3 aromatic rings. The van der Waals surface area contributed by atoms with Crippen LogP contribution in [-0.4, -0.2) is 24.5 Å². The number of fused-ring (bicyclic) bond motifs is 1. The van der Waals surface area contributed by atoms with Crippen LogP contribution in [0.15, 0.2) is 47.3 Å². The molecule has 0 aliphatic carbocycles. The standard InChI is InChI=1S/C21H22N2O3/c1-13-8-14(2)10-17(9-13)20(24)22-7-6-16-11-15-4-5-18(26-3)12-19(15)23-21(16)25/h4-5,8-12H,6-7H2,1-3H3,(H,22,24)(H,23,25). The van der Waals surface area contributed by atoms with E-state index in [-0.39, 0.29) is 11.5 Å². The Labute approximate surface area is 152 Å². The first-order chi connectivity index (χ1) is 12.5. The summed E-state index contributed by atoms with van der Waals surface area (Å²) in [5.41, 5.74) is 3.97. The highest BCUT2D eigenvalue weighted by molar-refractivity contribution is 5.94. The third-order valence-electron chi connectivity index (χ3n) is 4.29. The van der Waals surface area contributed by atoms with E-state index in [0.717, 1.165) is 22.0 Å². The van der Waals surface area contributed by atoms with Crippen molar-refractivity contribution in [1.29, 1.82) is 0 Å². The second-order valence-electron chi connectivity index (χ2n) is 6.46. The van der Waals surface area contributed by atoms with Gasteiger partial charge in [-0.3, -0.25) is 9.59 Å². The van der Waals surface area contributed by atoms with Gasteiger partial charge in [-0.25, -0.2) is 0 Å². The van der Waals surface area contributed by atoms with Gasteiger partial charge in [0, 0.05) is 23.7 Å². The fourth-order valence-corrected chi connectivity index (χ4v) is 3.06. The van der Waals surface area contributed by atoms with Gasteiger partial charge in [-0.05, 0) is 56.0 Å². The smallest absolute Gasteiger partial charge is 0.251 e. The monoisotopic (exact) mass is 350 g/mol. The zero-order chi connectivity index (χ0) is 18.7. The van der Waals surface area contributed by atoms with Gasteiger partial charge in [-0.15, -0.1) is 0 Å². The fraction of sp³-hybridized carbons (Fsp3) is 0.238. The summed E-state index contributed by atoms with van der Waals surface area (Å²) in [6, 6.07) is 13.2. The average Bonchev–Trinajstić information content (AvgIpc) is 2.60. The van der Waals surface area contributed by atoms with Crippen LogP contribution in [0.3, 0.4) is 0 Å². The van der Waals surface area contributed by atoms with Crippen molar-refractivity contribution in [2.45, 2.75) is 20.3 Å². The molecule has 0 saturated carbocycles. The van der Waals surface area contributed by atoms with Gasteiger partial charge < -0.3 is 15.0 Å². The van der Waals surface area contributed by atoms with Crippen molar-refractivity contribution < 1.29 is 9.53 Å². The van der Waals surface area contributed by atoms with Crippen molar-refractivity contribution in [3.05, 3.63) is 75.1 Å². The molecular weight excluding hydrogens is 328 g/mol.